The van der Waals surface area contributed by atoms with Gasteiger partial charge in [-0.2, -0.15) is 0 Å². The number of benzene rings is 2. The van der Waals surface area contributed by atoms with Crippen molar-refractivity contribution in [2.24, 2.45) is 0 Å². The largest absolute Gasteiger partial charge is 0.497 e. The maximum atomic E-state index is 12.2. The summed E-state index contributed by atoms with van der Waals surface area (Å²) in [5, 5.41) is 6.08. The molecule has 2 aromatic carbocycles. The van der Waals surface area contributed by atoms with E-state index in [0.29, 0.717) is 0 Å². The van der Waals surface area contributed by atoms with Gasteiger partial charge in [0.25, 0.3) is 0 Å². The minimum absolute atomic E-state index is 0.0753. The van der Waals surface area contributed by atoms with Gasteiger partial charge in [0.2, 0.25) is 0 Å². The van der Waals surface area contributed by atoms with Crippen molar-refractivity contribution < 1.29 is 9.53 Å². The number of carbonyl (C=O) groups excluding carboxylic acids is 1. The lowest BCUT2D eigenvalue weighted by Gasteiger charge is -2.34. The third-order valence-electron chi connectivity index (χ3n) is 4.84. The van der Waals surface area contributed by atoms with Gasteiger partial charge >= 0.3 is 6.03 Å². The van der Waals surface area contributed by atoms with Gasteiger partial charge in [0.1, 0.15) is 5.75 Å². The van der Waals surface area contributed by atoms with E-state index in [1.807, 2.05) is 12.1 Å². The van der Waals surface area contributed by atoms with Crippen molar-refractivity contribution >= 4 is 11.7 Å². The van der Waals surface area contributed by atoms with Crippen molar-refractivity contribution in [2.45, 2.75) is 25.8 Å². The summed E-state index contributed by atoms with van der Waals surface area (Å²) in [6, 6.07) is 14.2. The molecule has 1 heterocycles. The molecule has 2 amide bonds. The van der Waals surface area contributed by atoms with Crippen molar-refractivity contribution in [3.8, 4) is 5.75 Å². The van der Waals surface area contributed by atoms with E-state index in [2.05, 4.69) is 47.9 Å². The summed E-state index contributed by atoms with van der Waals surface area (Å²) < 4.78 is 5.36. The minimum Gasteiger partial charge on any atom is -0.497 e. The molecule has 4 rings (SSSR count). The van der Waals surface area contributed by atoms with E-state index in [0.717, 1.165) is 35.4 Å². The van der Waals surface area contributed by atoms with Crippen molar-refractivity contribution in [3.05, 3.63) is 70.3 Å². The number of rotatable bonds is 2. The Kier molecular flexibility index (Phi) is 3.53. The third kappa shape index (κ3) is 2.44. The van der Waals surface area contributed by atoms with Crippen molar-refractivity contribution in [1.82, 2.24) is 10.6 Å². The number of aryl methyl sites for hydroxylation is 2. The molecule has 1 aliphatic heterocycles. The number of amides is 2. The van der Waals surface area contributed by atoms with Crippen LogP contribution in [0.15, 0.2) is 48.0 Å². The normalized spacial score (nSPS) is 19.1. The lowest BCUT2D eigenvalue weighted by Crippen LogP contribution is -2.44. The Morgan fingerprint density at radius 2 is 1.88 bits per heavy atom. The summed E-state index contributed by atoms with van der Waals surface area (Å²) in [6.07, 6.45) is 1.90. The third-order valence-corrected chi connectivity index (χ3v) is 4.84. The molecule has 4 nitrogen and oxygen atoms in total. The van der Waals surface area contributed by atoms with Crippen LogP contribution < -0.4 is 15.4 Å². The van der Waals surface area contributed by atoms with Gasteiger partial charge < -0.3 is 15.4 Å². The lowest BCUT2D eigenvalue weighted by atomic mass is 9.82. The van der Waals surface area contributed by atoms with Gasteiger partial charge in [-0.25, -0.2) is 4.79 Å². The Morgan fingerprint density at radius 3 is 2.62 bits per heavy atom. The lowest BCUT2D eigenvalue weighted by molar-refractivity contribution is 0.240. The van der Waals surface area contributed by atoms with Crippen molar-refractivity contribution in [1.29, 1.82) is 0 Å². The maximum absolute atomic E-state index is 12.2. The van der Waals surface area contributed by atoms with Crippen LogP contribution in [-0.4, -0.2) is 13.1 Å². The van der Waals surface area contributed by atoms with E-state index in [1.54, 1.807) is 7.11 Å². The molecule has 0 saturated carbocycles. The van der Waals surface area contributed by atoms with E-state index < -0.39 is 0 Å². The molecule has 0 fully saturated rings. The number of fused-ring (bicyclic) bond motifs is 2. The zero-order chi connectivity index (χ0) is 16.7. The second kappa shape index (κ2) is 5.71. The molecular formula is C20H20N2O2. The monoisotopic (exact) mass is 320 g/mol. The first-order valence-electron chi connectivity index (χ1n) is 8.20. The Labute approximate surface area is 141 Å². The van der Waals surface area contributed by atoms with Crippen LogP contribution in [0.3, 0.4) is 0 Å². The number of carbonyl (C=O) groups is 1. The zero-order valence-electron chi connectivity index (χ0n) is 13.8. The summed E-state index contributed by atoms with van der Waals surface area (Å²) in [5.41, 5.74) is 6.83. The van der Waals surface area contributed by atoms with Crippen LogP contribution in [-0.2, 0) is 6.42 Å². The highest BCUT2D eigenvalue weighted by molar-refractivity contribution is 5.91. The summed E-state index contributed by atoms with van der Waals surface area (Å²) in [7, 11) is 1.66. The fourth-order valence-electron chi connectivity index (χ4n) is 3.55. The highest BCUT2D eigenvalue weighted by Crippen LogP contribution is 2.39. The standard InChI is InChI=1S/C20H20N2O2/c1-12-3-5-14(6-4-12)18-16-10-8-13-7-9-15(24-2)11-17(13)19(16)22-20(23)21-18/h3-7,9,11,18H,8,10H2,1-2H3,(H2,21,22,23). The predicted octanol–water partition coefficient (Wildman–Crippen LogP) is 3.72. The summed E-state index contributed by atoms with van der Waals surface area (Å²) in [6.45, 7) is 2.07. The van der Waals surface area contributed by atoms with Gasteiger partial charge in [-0.15, -0.1) is 0 Å². The molecule has 1 unspecified atom stereocenters. The van der Waals surface area contributed by atoms with Crippen LogP contribution in [0.25, 0.3) is 5.70 Å². The van der Waals surface area contributed by atoms with Gasteiger partial charge in [-0.3, -0.25) is 0 Å². The van der Waals surface area contributed by atoms with Gasteiger partial charge in [-0.1, -0.05) is 35.9 Å². The summed E-state index contributed by atoms with van der Waals surface area (Å²) >= 11 is 0. The molecule has 2 aromatic rings. The van der Waals surface area contributed by atoms with Gasteiger partial charge in [0, 0.05) is 5.56 Å². The second-order valence-electron chi connectivity index (χ2n) is 6.37. The molecule has 1 aliphatic carbocycles. The smallest absolute Gasteiger partial charge is 0.319 e. The van der Waals surface area contributed by atoms with Crippen molar-refractivity contribution in [3.63, 3.8) is 0 Å². The fraction of sp³-hybridized carbons (Fsp3) is 0.250. The van der Waals surface area contributed by atoms with Crippen molar-refractivity contribution in [2.75, 3.05) is 7.11 Å². The minimum atomic E-state index is -0.157. The number of methoxy groups -OCH3 is 1. The number of hydrogen-bond donors (Lipinski definition) is 2. The van der Waals surface area contributed by atoms with E-state index in [-0.39, 0.29) is 12.1 Å². The number of urea groups is 1. The first-order chi connectivity index (χ1) is 11.7. The SMILES string of the molecule is COc1ccc2c(c1)C1=C(CC2)C(c2ccc(C)cc2)NC(=O)N1. The van der Waals surface area contributed by atoms with E-state index >= 15 is 0 Å². The van der Waals surface area contributed by atoms with Crippen LogP contribution in [0, 0.1) is 6.92 Å². The molecule has 4 heteroatoms. The number of ether oxygens (including phenoxy) is 1. The Hall–Kier alpha value is -2.75. The average molecular weight is 320 g/mol. The first-order valence-corrected chi connectivity index (χ1v) is 8.20. The van der Waals surface area contributed by atoms with E-state index in [9.17, 15) is 4.79 Å². The average Bonchev–Trinajstić information content (AvgIpc) is 2.61. The molecule has 122 valence electrons. The molecule has 2 aliphatic rings. The van der Waals surface area contributed by atoms with E-state index in [4.69, 9.17) is 4.74 Å². The summed E-state index contributed by atoms with van der Waals surface area (Å²) in [5.74, 6) is 0.808. The zero-order valence-corrected chi connectivity index (χ0v) is 13.8. The Morgan fingerprint density at radius 1 is 1.08 bits per heavy atom. The first kappa shape index (κ1) is 14.8. The second-order valence-corrected chi connectivity index (χ2v) is 6.37. The maximum Gasteiger partial charge on any atom is 0.319 e. The Balaban J connectivity index is 1.83. The molecule has 24 heavy (non-hydrogen) atoms. The molecule has 2 N–H and O–H groups in total. The fourth-order valence-corrected chi connectivity index (χ4v) is 3.55. The molecule has 0 spiro atoms. The molecule has 0 aromatic heterocycles. The topological polar surface area (TPSA) is 50.4 Å². The van der Waals surface area contributed by atoms with Crippen LogP contribution in [0.5, 0.6) is 5.75 Å². The Bertz CT molecular complexity index is 837. The molecular weight excluding hydrogens is 300 g/mol. The molecule has 1 atom stereocenters. The van der Waals surface area contributed by atoms with Crippen LogP contribution in [0.4, 0.5) is 4.79 Å². The van der Waals surface area contributed by atoms with Gasteiger partial charge in [-0.05, 0) is 48.6 Å². The molecule has 0 bridgehead atoms. The number of hydrogen-bond acceptors (Lipinski definition) is 2. The highest BCUT2D eigenvalue weighted by Gasteiger charge is 2.32. The van der Waals surface area contributed by atoms with E-state index in [1.165, 1.54) is 16.7 Å². The van der Waals surface area contributed by atoms with Gasteiger partial charge in [0.15, 0.2) is 0 Å². The summed E-state index contributed by atoms with van der Waals surface area (Å²) in [4.78, 5) is 12.2. The number of nitrogens with one attached hydrogen (secondary N) is 2. The predicted molar refractivity (Wildman–Crippen MR) is 93.8 cm³/mol. The van der Waals surface area contributed by atoms with Crippen LogP contribution >= 0.6 is 0 Å². The molecule has 0 saturated heterocycles. The van der Waals surface area contributed by atoms with Crippen LogP contribution in [0.2, 0.25) is 0 Å². The van der Waals surface area contributed by atoms with Gasteiger partial charge in [0.05, 0.1) is 18.8 Å². The van der Waals surface area contributed by atoms with Crippen LogP contribution in [0.1, 0.15) is 34.7 Å². The molecule has 0 radical (unpaired) electrons. The highest BCUT2D eigenvalue weighted by atomic mass is 16.5. The quantitative estimate of drug-likeness (QED) is 0.886.